The highest BCUT2D eigenvalue weighted by atomic mass is 32.1. The van der Waals surface area contributed by atoms with Crippen LogP contribution < -0.4 is 0 Å². The second-order valence-corrected chi connectivity index (χ2v) is 9.39. The summed E-state index contributed by atoms with van der Waals surface area (Å²) in [6.45, 7) is 6.57. The van der Waals surface area contributed by atoms with Gasteiger partial charge in [-0.1, -0.05) is 56.3 Å². The number of rotatable bonds is 5. The van der Waals surface area contributed by atoms with Crippen LogP contribution in [0, 0.1) is 12.8 Å². The first-order valence-electron chi connectivity index (χ1n) is 11.3. The van der Waals surface area contributed by atoms with Crippen LogP contribution in [0.25, 0.3) is 39.3 Å². The SMILES string of the molecule is Cc1c(-c2ccccc2S)nc2c(-c3cccc(-c4ccc(CC(C)C)cn4)c3)cccn12. The molecular formula is C29H27N3S. The first-order chi connectivity index (χ1) is 16.0. The maximum Gasteiger partial charge on any atom is 0.145 e. The van der Waals surface area contributed by atoms with Gasteiger partial charge in [0.25, 0.3) is 0 Å². The summed E-state index contributed by atoms with van der Waals surface area (Å²) in [5.41, 5.74) is 9.66. The molecule has 2 aromatic carbocycles. The van der Waals surface area contributed by atoms with Crippen LogP contribution in [-0.4, -0.2) is 14.4 Å². The summed E-state index contributed by atoms with van der Waals surface area (Å²) >= 11 is 4.66. The zero-order valence-electron chi connectivity index (χ0n) is 19.2. The molecule has 164 valence electrons. The molecule has 0 radical (unpaired) electrons. The Bertz CT molecular complexity index is 1430. The first kappa shape index (κ1) is 21.5. The maximum absolute atomic E-state index is 5.06. The van der Waals surface area contributed by atoms with E-state index in [-0.39, 0.29) is 0 Å². The predicted octanol–water partition coefficient (Wildman–Crippen LogP) is 7.53. The van der Waals surface area contributed by atoms with Crippen LogP contribution in [-0.2, 0) is 6.42 Å². The van der Waals surface area contributed by atoms with Crippen molar-refractivity contribution in [3.8, 4) is 33.6 Å². The van der Waals surface area contributed by atoms with Crippen LogP contribution in [0.4, 0.5) is 0 Å². The van der Waals surface area contributed by atoms with Crippen molar-refractivity contribution < 1.29 is 0 Å². The number of imidazole rings is 1. The van der Waals surface area contributed by atoms with Crippen molar-refractivity contribution in [2.75, 3.05) is 0 Å². The van der Waals surface area contributed by atoms with E-state index in [1.807, 2.05) is 24.4 Å². The molecule has 3 aromatic heterocycles. The molecule has 0 N–H and O–H groups in total. The minimum atomic E-state index is 0.624. The summed E-state index contributed by atoms with van der Waals surface area (Å²) in [4.78, 5) is 10.7. The Hall–Kier alpha value is -3.37. The Labute approximate surface area is 200 Å². The number of nitrogens with zero attached hydrogens (tertiary/aromatic N) is 3. The molecule has 0 spiro atoms. The molecule has 0 aliphatic rings. The van der Waals surface area contributed by atoms with Crippen LogP contribution in [0.1, 0.15) is 25.1 Å². The van der Waals surface area contributed by atoms with Crippen molar-refractivity contribution in [1.29, 1.82) is 0 Å². The zero-order valence-corrected chi connectivity index (χ0v) is 20.1. The fourth-order valence-electron chi connectivity index (χ4n) is 4.37. The second-order valence-electron chi connectivity index (χ2n) is 8.91. The van der Waals surface area contributed by atoms with E-state index in [0.717, 1.165) is 56.3 Å². The quantitative estimate of drug-likeness (QED) is 0.281. The van der Waals surface area contributed by atoms with Crippen molar-refractivity contribution in [3.05, 3.63) is 96.4 Å². The third-order valence-electron chi connectivity index (χ3n) is 5.99. The average molecular weight is 450 g/mol. The number of benzene rings is 2. The van der Waals surface area contributed by atoms with Crippen molar-refractivity contribution in [2.45, 2.75) is 32.1 Å². The van der Waals surface area contributed by atoms with Gasteiger partial charge in [-0.05, 0) is 60.7 Å². The third kappa shape index (κ3) is 4.19. The molecule has 0 aliphatic carbocycles. The summed E-state index contributed by atoms with van der Waals surface area (Å²) in [6.07, 6.45) is 5.12. The van der Waals surface area contributed by atoms with Crippen LogP contribution in [0.3, 0.4) is 0 Å². The average Bonchev–Trinajstić information content (AvgIpc) is 3.16. The van der Waals surface area contributed by atoms with Gasteiger partial charge in [0.2, 0.25) is 0 Å². The minimum absolute atomic E-state index is 0.624. The van der Waals surface area contributed by atoms with Crippen LogP contribution >= 0.6 is 12.6 Å². The number of aryl methyl sites for hydroxylation is 1. The van der Waals surface area contributed by atoms with Gasteiger partial charge >= 0.3 is 0 Å². The lowest BCUT2D eigenvalue weighted by Crippen LogP contribution is -1.95. The summed E-state index contributed by atoms with van der Waals surface area (Å²) in [5.74, 6) is 0.624. The fourth-order valence-corrected chi connectivity index (χ4v) is 4.64. The number of pyridine rings is 2. The summed E-state index contributed by atoms with van der Waals surface area (Å²) in [6, 6.07) is 25.2. The van der Waals surface area contributed by atoms with Crippen molar-refractivity contribution >= 4 is 18.3 Å². The molecule has 0 saturated heterocycles. The van der Waals surface area contributed by atoms with E-state index >= 15 is 0 Å². The number of fused-ring (bicyclic) bond motifs is 1. The normalized spacial score (nSPS) is 11.4. The van der Waals surface area contributed by atoms with Gasteiger partial charge in [-0.15, -0.1) is 12.6 Å². The van der Waals surface area contributed by atoms with E-state index in [9.17, 15) is 0 Å². The molecule has 0 bridgehead atoms. The van der Waals surface area contributed by atoms with E-state index in [1.165, 1.54) is 5.56 Å². The largest absolute Gasteiger partial charge is 0.303 e. The standard InChI is InChI=1S/C29H27N3S/c1-19(2)16-21-13-14-26(30-18-21)23-9-6-8-22(17-23)24-11-7-15-32-20(3)28(31-29(24)32)25-10-4-5-12-27(25)33/h4-15,17-19,33H,16H2,1-3H3. The molecule has 0 atom stereocenters. The Morgan fingerprint density at radius 1 is 0.879 bits per heavy atom. The molecule has 0 saturated carbocycles. The summed E-state index contributed by atoms with van der Waals surface area (Å²) in [5, 5.41) is 0. The van der Waals surface area contributed by atoms with Crippen molar-refractivity contribution in [1.82, 2.24) is 14.4 Å². The smallest absolute Gasteiger partial charge is 0.145 e. The lowest BCUT2D eigenvalue weighted by atomic mass is 10.0. The topological polar surface area (TPSA) is 30.2 Å². The number of aromatic nitrogens is 3. The predicted molar refractivity (Wildman–Crippen MR) is 140 cm³/mol. The lowest BCUT2D eigenvalue weighted by Gasteiger charge is -2.09. The molecule has 0 unspecified atom stereocenters. The number of hydrogen-bond acceptors (Lipinski definition) is 3. The third-order valence-corrected chi connectivity index (χ3v) is 6.38. The van der Waals surface area contributed by atoms with Gasteiger partial charge in [0.1, 0.15) is 5.65 Å². The molecule has 0 amide bonds. The molecule has 0 fully saturated rings. The molecule has 3 heterocycles. The summed E-state index contributed by atoms with van der Waals surface area (Å²) < 4.78 is 2.16. The van der Waals surface area contributed by atoms with Gasteiger partial charge in [0.15, 0.2) is 0 Å². The molecule has 5 aromatic rings. The van der Waals surface area contributed by atoms with E-state index in [2.05, 4.69) is 98.6 Å². The van der Waals surface area contributed by atoms with E-state index < -0.39 is 0 Å². The van der Waals surface area contributed by atoms with Gasteiger partial charge in [0.05, 0.1) is 11.4 Å². The lowest BCUT2D eigenvalue weighted by molar-refractivity contribution is 0.646. The Morgan fingerprint density at radius 2 is 1.67 bits per heavy atom. The monoisotopic (exact) mass is 449 g/mol. The van der Waals surface area contributed by atoms with Gasteiger partial charge < -0.3 is 4.40 Å². The van der Waals surface area contributed by atoms with Crippen LogP contribution in [0.5, 0.6) is 0 Å². The Balaban J connectivity index is 1.58. The van der Waals surface area contributed by atoms with Gasteiger partial charge in [-0.3, -0.25) is 4.98 Å². The molecule has 5 rings (SSSR count). The second kappa shape index (κ2) is 8.87. The molecular weight excluding hydrogens is 422 g/mol. The van der Waals surface area contributed by atoms with E-state index in [1.54, 1.807) is 0 Å². The Kier molecular flexibility index (Phi) is 5.77. The van der Waals surface area contributed by atoms with Gasteiger partial charge in [0, 0.05) is 39.7 Å². The zero-order chi connectivity index (χ0) is 22.9. The first-order valence-corrected chi connectivity index (χ1v) is 11.8. The minimum Gasteiger partial charge on any atom is -0.303 e. The van der Waals surface area contributed by atoms with Gasteiger partial charge in [-0.2, -0.15) is 0 Å². The van der Waals surface area contributed by atoms with Gasteiger partial charge in [-0.25, -0.2) is 4.98 Å². The molecule has 3 nitrogen and oxygen atoms in total. The van der Waals surface area contributed by atoms with Crippen LogP contribution in [0.15, 0.2) is 90.1 Å². The van der Waals surface area contributed by atoms with Crippen LogP contribution in [0.2, 0.25) is 0 Å². The van der Waals surface area contributed by atoms with Crippen molar-refractivity contribution in [2.24, 2.45) is 5.92 Å². The highest BCUT2D eigenvalue weighted by Gasteiger charge is 2.16. The molecule has 4 heteroatoms. The van der Waals surface area contributed by atoms with E-state index in [4.69, 9.17) is 9.97 Å². The van der Waals surface area contributed by atoms with Crippen molar-refractivity contribution in [3.63, 3.8) is 0 Å². The maximum atomic E-state index is 5.06. The highest BCUT2D eigenvalue weighted by Crippen LogP contribution is 2.33. The number of thiol groups is 1. The molecule has 0 aliphatic heterocycles. The number of hydrogen-bond donors (Lipinski definition) is 1. The highest BCUT2D eigenvalue weighted by molar-refractivity contribution is 7.80. The van der Waals surface area contributed by atoms with E-state index in [0.29, 0.717) is 5.92 Å². The summed E-state index contributed by atoms with van der Waals surface area (Å²) in [7, 11) is 0. The fraction of sp³-hybridized carbons (Fsp3) is 0.172. The Morgan fingerprint density at radius 3 is 2.42 bits per heavy atom. The molecule has 33 heavy (non-hydrogen) atoms.